The molecule has 1 aromatic carbocycles. The number of morpholine rings is 1. The van der Waals surface area contributed by atoms with Crippen molar-refractivity contribution in [2.24, 2.45) is 0 Å². The molecule has 21 heavy (non-hydrogen) atoms. The third-order valence-electron chi connectivity index (χ3n) is 3.43. The maximum atomic E-state index is 11.0. The molecule has 0 radical (unpaired) electrons. The minimum absolute atomic E-state index is 0.358. The van der Waals surface area contributed by atoms with Gasteiger partial charge in [-0.2, -0.15) is 0 Å². The first-order valence-corrected chi connectivity index (χ1v) is 6.80. The summed E-state index contributed by atoms with van der Waals surface area (Å²) < 4.78 is 10.5. The monoisotopic (exact) mass is 288 g/mol. The van der Waals surface area contributed by atoms with Gasteiger partial charge in [0.2, 0.25) is 0 Å². The minimum atomic E-state index is -0.928. The zero-order valence-electron chi connectivity index (χ0n) is 11.4. The highest BCUT2D eigenvalue weighted by atomic mass is 16.5. The van der Waals surface area contributed by atoms with Crippen LogP contribution in [0.4, 0.5) is 0 Å². The molecule has 1 atom stereocenters. The first-order chi connectivity index (χ1) is 10.2. The van der Waals surface area contributed by atoms with Crippen LogP contribution >= 0.6 is 0 Å². The molecular weight excluding hydrogens is 272 g/mol. The minimum Gasteiger partial charge on any atom is -0.479 e. The number of carboxylic acids is 1. The van der Waals surface area contributed by atoms with Gasteiger partial charge in [-0.15, -0.1) is 0 Å². The molecule has 1 aromatic heterocycles. The Morgan fingerprint density at radius 3 is 2.95 bits per heavy atom. The summed E-state index contributed by atoms with van der Waals surface area (Å²) in [6.07, 6.45) is -0.768. The summed E-state index contributed by atoms with van der Waals surface area (Å²) >= 11 is 0. The van der Waals surface area contributed by atoms with Crippen molar-refractivity contribution in [3.8, 4) is 11.3 Å². The van der Waals surface area contributed by atoms with E-state index in [4.69, 9.17) is 14.4 Å². The third-order valence-corrected chi connectivity index (χ3v) is 3.43. The van der Waals surface area contributed by atoms with Gasteiger partial charge >= 0.3 is 5.97 Å². The molecule has 1 saturated heterocycles. The Balaban J connectivity index is 1.66. The second-order valence-electron chi connectivity index (χ2n) is 4.98. The van der Waals surface area contributed by atoms with Crippen LogP contribution in [0.25, 0.3) is 11.3 Å². The molecule has 1 unspecified atom stereocenters. The number of aliphatic carboxylic acids is 1. The Kier molecular flexibility index (Phi) is 3.98. The van der Waals surface area contributed by atoms with Crippen LogP contribution in [0.15, 0.2) is 40.9 Å². The van der Waals surface area contributed by atoms with Gasteiger partial charge in [0.1, 0.15) is 5.69 Å². The summed E-state index contributed by atoms with van der Waals surface area (Å²) in [5, 5.41) is 13.0. The van der Waals surface area contributed by atoms with Crippen molar-refractivity contribution < 1.29 is 19.2 Å². The molecule has 1 aliphatic rings. The third kappa shape index (κ3) is 3.29. The molecule has 2 aromatic rings. The number of hydrogen-bond donors (Lipinski definition) is 1. The van der Waals surface area contributed by atoms with E-state index in [1.807, 2.05) is 41.3 Å². The van der Waals surface area contributed by atoms with E-state index < -0.39 is 12.1 Å². The van der Waals surface area contributed by atoms with E-state index in [0.29, 0.717) is 26.2 Å². The lowest BCUT2D eigenvalue weighted by atomic mass is 10.1. The molecular formula is C15H16N2O4. The van der Waals surface area contributed by atoms with E-state index in [-0.39, 0.29) is 0 Å². The molecule has 110 valence electrons. The maximum Gasteiger partial charge on any atom is 0.334 e. The lowest BCUT2D eigenvalue weighted by molar-refractivity contribution is -0.156. The molecule has 6 nitrogen and oxygen atoms in total. The van der Waals surface area contributed by atoms with Crippen molar-refractivity contribution in [1.29, 1.82) is 0 Å². The van der Waals surface area contributed by atoms with Crippen molar-refractivity contribution >= 4 is 5.97 Å². The molecule has 3 rings (SSSR count). The second-order valence-corrected chi connectivity index (χ2v) is 4.98. The van der Waals surface area contributed by atoms with E-state index in [1.165, 1.54) is 0 Å². The number of ether oxygens (including phenoxy) is 1. The van der Waals surface area contributed by atoms with Gasteiger partial charge in [0.15, 0.2) is 11.9 Å². The summed E-state index contributed by atoms with van der Waals surface area (Å²) in [6, 6.07) is 11.7. The molecule has 0 spiro atoms. The topological polar surface area (TPSA) is 75.8 Å². The zero-order chi connectivity index (χ0) is 14.7. The van der Waals surface area contributed by atoms with Crippen molar-refractivity contribution in [2.75, 3.05) is 19.7 Å². The normalized spacial score (nSPS) is 19.5. The zero-order valence-corrected chi connectivity index (χ0v) is 11.4. The standard InChI is InChI=1S/C15H16N2O4/c18-15(19)14-10-17(6-7-20-14)9-12-8-13(16-21-12)11-4-2-1-3-5-11/h1-5,8,14H,6-7,9-10H2,(H,18,19). The predicted octanol–water partition coefficient (Wildman–Crippen LogP) is 1.63. The molecule has 6 heteroatoms. The Hall–Kier alpha value is -2.18. The number of benzene rings is 1. The number of nitrogens with zero attached hydrogens (tertiary/aromatic N) is 2. The highest BCUT2D eigenvalue weighted by Gasteiger charge is 2.26. The lowest BCUT2D eigenvalue weighted by Crippen LogP contribution is -2.45. The van der Waals surface area contributed by atoms with Crippen molar-refractivity contribution in [3.05, 3.63) is 42.2 Å². The molecule has 0 saturated carbocycles. The number of aromatic nitrogens is 1. The van der Waals surface area contributed by atoms with Crippen LogP contribution in [0.5, 0.6) is 0 Å². The molecule has 2 heterocycles. The number of carboxylic acid groups (broad SMARTS) is 1. The van der Waals surface area contributed by atoms with Gasteiger partial charge in [-0.25, -0.2) is 4.79 Å². The number of rotatable bonds is 4. The van der Waals surface area contributed by atoms with Crippen LogP contribution in [0.2, 0.25) is 0 Å². The van der Waals surface area contributed by atoms with Crippen LogP contribution in [0.1, 0.15) is 5.76 Å². The van der Waals surface area contributed by atoms with Gasteiger partial charge in [0, 0.05) is 24.7 Å². The summed E-state index contributed by atoms with van der Waals surface area (Å²) in [6.45, 7) is 1.99. The molecule has 0 aliphatic carbocycles. The fourth-order valence-corrected chi connectivity index (χ4v) is 2.35. The van der Waals surface area contributed by atoms with Gasteiger partial charge in [-0.05, 0) is 0 Å². The summed E-state index contributed by atoms with van der Waals surface area (Å²) in [5.74, 6) is -0.206. The fourth-order valence-electron chi connectivity index (χ4n) is 2.35. The van der Waals surface area contributed by atoms with Crippen LogP contribution in [-0.4, -0.2) is 46.9 Å². The summed E-state index contributed by atoms with van der Waals surface area (Å²) in [5.41, 5.74) is 1.78. The van der Waals surface area contributed by atoms with Gasteiger partial charge < -0.3 is 14.4 Å². The first kappa shape index (κ1) is 13.8. The van der Waals surface area contributed by atoms with E-state index in [9.17, 15) is 4.79 Å². The van der Waals surface area contributed by atoms with Crippen LogP contribution in [0.3, 0.4) is 0 Å². The van der Waals surface area contributed by atoms with E-state index in [1.54, 1.807) is 0 Å². The molecule has 0 amide bonds. The van der Waals surface area contributed by atoms with Crippen LogP contribution in [-0.2, 0) is 16.1 Å². The lowest BCUT2D eigenvalue weighted by Gasteiger charge is -2.29. The highest BCUT2D eigenvalue weighted by molar-refractivity contribution is 5.72. The van der Waals surface area contributed by atoms with Crippen LogP contribution in [0, 0.1) is 0 Å². The Labute approximate surface area is 121 Å². The van der Waals surface area contributed by atoms with E-state index >= 15 is 0 Å². The molecule has 1 aliphatic heterocycles. The average molecular weight is 288 g/mol. The SMILES string of the molecule is O=C(O)C1CN(Cc2cc(-c3ccccc3)no2)CCO1. The van der Waals surface area contributed by atoms with Crippen LogP contribution < -0.4 is 0 Å². The van der Waals surface area contributed by atoms with Gasteiger partial charge in [0.05, 0.1) is 13.2 Å². The Morgan fingerprint density at radius 2 is 2.19 bits per heavy atom. The molecule has 1 N–H and O–H groups in total. The van der Waals surface area contributed by atoms with Gasteiger partial charge in [-0.1, -0.05) is 35.5 Å². The Bertz CT molecular complexity index is 611. The number of hydrogen-bond acceptors (Lipinski definition) is 5. The molecule has 0 bridgehead atoms. The molecule has 1 fully saturated rings. The smallest absolute Gasteiger partial charge is 0.334 e. The number of carbonyl (C=O) groups is 1. The summed E-state index contributed by atoms with van der Waals surface area (Å²) in [4.78, 5) is 13.0. The van der Waals surface area contributed by atoms with Crippen molar-refractivity contribution in [2.45, 2.75) is 12.6 Å². The maximum absolute atomic E-state index is 11.0. The van der Waals surface area contributed by atoms with Gasteiger partial charge in [0.25, 0.3) is 0 Å². The van der Waals surface area contributed by atoms with Crippen molar-refractivity contribution in [1.82, 2.24) is 10.1 Å². The Morgan fingerprint density at radius 1 is 1.38 bits per heavy atom. The largest absolute Gasteiger partial charge is 0.479 e. The summed E-state index contributed by atoms with van der Waals surface area (Å²) in [7, 11) is 0. The second kappa shape index (κ2) is 6.07. The van der Waals surface area contributed by atoms with E-state index in [2.05, 4.69) is 5.16 Å². The average Bonchev–Trinajstić information content (AvgIpc) is 2.97. The quantitative estimate of drug-likeness (QED) is 0.921. The fraction of sp³-hybridized carbons (Fsp3) is 0.333. The van der Waals surface area contributed by atoms with Crippen molar-refractivity contribution in [3.63, 3.8) is 0 Å². The van der Waals surface area contributed by atoms with Gasteiger partial charge in [-0.3, -0.25) is 4.90 Å². The first-order valence-electron chi connectivity index (χ1n) is 6.80. The van der Waals surface area contributed by atoms with E-state index in [0.717, 1.165) is 17.0 Å². The highest BCUT2D eigenvalue weighted by Crippen LogP contribution is 2.20. The predicted molar refractivity (Wildman–Crippen MR) is 74.6 cm³/mol.